The van der Waals surface area contributed by atoms with Crippen molar-refractivity contribution < 1.29 is 14.3 Å². The molecule has 2 aromatic carbocycles. The first kappa shape index (κ1) is 18.4. The Kier molecular flexibility index (Phi) is 5.53. The molecule has 1 N–H and O–H groups in total. The molecule has 0 spiro atoms. The molecule has 0 bridgehead atoms. The maximum absolute atomic E-state index is 12.9. The van der Waals surface area contributed by atoms with Crippen molar-refractivity contribution in [3.63, 3.8) is 0 Å². The van der Waals surface area contributed by atoms with Gasteiger partial charge < -0.3 is 14.8 Å². The average Bonchev–Trinajstić information content (AvgIpc) is 3.26. The highest BCUT2D eigenvalue weighted by molar-refractivity contribution is 6.07. The molecule has 0 saturated carbocycles. The Hall–Kier alpha value is -2.92. The topological polar surface area (TPSA) is 60.5 Å². The number of nitrogens with one attached hydrogen (secondary N) is 1. The first-order valence-electron chi connectivity index (χ1n) is 9.77. The van der Waals surface area contributed by atoms with Crippen molar-refractivity contribution in [2.24, 2.45) is 0 Å². The molecule has 1 aromatic heterocycles. The minimum Gasteiger partial charge on any atom is -0.494 e. The summed E-state index contributed by atoms with van der Waals surface area (Å²) in [6.07, 6.45) is 2.16. The van der Waals surface area contributed by atoms with Crippen molar-refractivity contribution in [3.05, 3.63) is 60.2 Å². The number of rotatable bonds is 6. The van der Waals surface area contributed by atoms with Gasteiger partial charge in [-0.2, -0.15) is 0 Å². The summed E-state index contributed by atoms with van der Waals surface area (Å²) in [5.74, 6) is 0.725. The van der Waals surface area contributed by atoms with Crippen molar-refractivity contribution in [2.45, 2.75) is 25.9 Å². The van der Waals surface area contributed by atoms with Gasteiger partial charge in [-0.25, -0.2) is 4.98 Å². The van der Waals surface area contributed by atoms with Gasteiger partial charge in [0.2, 0.25) is 0 Å². The highest BCUT2D eigenvalue weighted by Gasteiger charge is 2.18. The number of aromatic nitrogens is 1. The van der Waals surface area contributed by atoms with E-state index in [1.165, 1.54) is 0 Å². The highest BCUT2D eigenvalue weighted by atomic mass is 16.5. The highest BCUT2D eigenvalue weighted by Crippen LogP contribution is 2.26. The van der Waals surface area contributed by atoms with Gasteiger partial charge in [0.25, 0.3) is 5.91 Å². The lowest BCUT2D eigenvalue weighted by Crippen LogP contribution is -2.31. The Morgan fingerprint density at radius 1 is 1.21 bits per heavy atom. The third-order valence-electron chi connectivity index (χ3n) is 4.94. The van der Waals surface area contributed by atoms with E-state index in [1.807, 2.05) is 61.5 Å². The van der Waals surface area contributed by atoms with Crippen molar-refractivity contribution in [1.82, 2.24) is 10.3 Å². The molecule has 4 rings (SSSR count). The van der Waals surface area contributed by atoms with Crippen LogP contribution in [-0.4, -0.2) is 36.8 Å². The fourth-order valence-electron chi connectivity index (χ4n) is 3.51. The molecule has 5 heteroatoms. The van der Waals surface area contributed by atoms with E-state index in [9.17, 15) is 4.79 Å². The van der Waals surface area contributed by atoms with E-state index in [0.717, 1.165) is 47.4 Å². The summed E-state index contributed by atoms with van der Waals surface area (Å²) in [7, 11) is 0. The smallest absolute Gasteiger partial charge is 0.252 e. The molecule has 0 unspecified atom stereocenters. The SMILES string of the molecule is CCOc1ccc(-c2cc(C(=O)NC[C@H]3CCCO3)c3ccccc3n2)cc1. The number of hydrogen-bond donors (Lipinski definition) is 1. The van der Waals surface area contributed by atoms with Gasteiger partial charge in [0, 0.05) is 24.1 Å². The van der Waals surface area contributed by atoms with Crippen molar-refractivity contribution in [3.8, 4) is 17.0 Å². The Morgan fingerprint density at radius 3 is 2.79 bits per heavy atom. The number of fused-ring (bicyclic) bond motifs is 1. The summed E-state index contributed by atoms with van der Waals surface area (Å²) in [5, 5.41) is 3.87. The van der Waals surface area contributed by atoms with Crippen LogP contribution in [0.4, 0.5) is 0 Å². The number of carbonyl (C=O) groups is 1. The van der Waals surface area contributed by atoms with Crippen LogP contribution in [0.2, 0.25) is 0 Å². The number of nitrogens with zero attached hydrogens (tertiary/aromatic N) is 1. The van der Waals surface area contributed by atoms with E-state index in [0.29, 0.717) is 18.7 Å². The van der Waals surface area contributed by atoms with E-state index in [2.05, 4.69) is 5.32 Å². The van der Waals surface area contributed by atoms with Crippen LogP contribution in [0.1, 0.15) is 30.1 Å². The summed E-state index contributed by atoms with van der Waals surface area (Å²) in [6, 6.07) is 17.4. The van der Waals surface area contributed by atoms with Crippen LogP contribution in [0.3, 0.4) is 0 Å². The van der Waals surface area contributed by atoms with Crippen molar-refractivity contribution >= 4 is 16.8 Å². The molecule has 1 atom stereocenters. The van der Waals surface area contributed by atoms with E-state index < -0.39 is 0 Å². The monoisotopic (exact) mass is 376 g/mol. The molecule has 144 valence electrons. The van der Waals surface area contributed by atoms with Gasteiger partial charge in [-0.05, 0) is 56.2 Å². The normalized spacial score (nSPS) is 16.2. The minimum atomic E-state index is -0.0960. The summed E-state index contributed by atoms with van der Waals surface area (Å²) in [6.45, 7) is 3.90. The number of amides is 1. The zero-order valence-electron chi connectivity index (χ0n) is 16.0. The van der Waals surface area contributed by atoms with Gasteiger partial charge in [-0.3, -0.25) is 4.79 Å². The number of ether oxygens (including phenoxy) is 2. The van der Waals surface area contributed by atoms with Crippen LogP contribution < -0.4 is 10.1 Å². The van der Waals surface area contributed by atoms with E-state index >= 15 is 0 Å². The molecular weight excluding hydrogens is 352 g/mol. The van der Waals surface area contributed by atoms with E-state index in [-0.39, 0.29) is 12.0 Å². The Morgan fingerprint density at radius 2 is 2.04 bits per heavy atom. The zero-order chi connectivity index (χ0) is 19.3. The Bertz CT molecular complexity index is 963. The molecule has 0 aliphatic carbocycles. The van der Waals surface area contributed by atoms with Gasteiger partial charge in [0.15, 0.2) is 0 Å². The molecule has 0 radical (unpaired) electrons. The molecule has 28 heavy (non-hydrogen) atoms. The number of para-hydroxylation sites is 1. The number of benzene rings is 2. The third-order valence-corrected chi connectivity index (χ3v) is 4.94. The molecule has 1 aliphatic heterocycles. The Balaban J connectivity index is 1.65. The first-order chi connectivity index (χ1) is 13.7. The second kappa shape index (κ2) is 8.40. The van der Waals surface area contributed by atoms with E-state index in [4.69, 9.17) is 14.5 Å². The van der Waals surface area contributed by atoms with Crippen LogP contribution in [-0.2, 0) is 4.74 Å². The molecule has 1 fully saturated rings. The molecule has 5 nitrogen and oxygen atoms in total. The zero-order valence-corrected chi connectivity index (χ0v) is 16.0. The van der Waals surface area contributed by atoms with Crippen LogP contribution in [0.5, 0.6) is 5.75 Å². The quantitative estimate of drug-likeness (QED) is 0.700. The lowest BCUT2D eigenvalue weighted by Gasteiger charge is -2.13. The lowest BCUT2D eigenvalue weighted by atomic mass is 10.0. The van der Waals surface area contributed by atoms with Gasteiger partial charge in [-0.15, -0.1) is 0 Å². The lowest BCUT2D eigenvalue weighted by molar-refractivity contribution is 0.0859. The first-order valence-corrected chi connectivity index (χ1v) is 9.77. The van der Waals surface area contributed by atoms with Gasteiger partial charge >= 0.3 is 0 Å². The number of pyridine rings is 1. The molecule has 2 heterocycles. The molecule has 1 amide bonds. The molecule has 3 aromatic rings. The van der Waals surface area contributed by atoms with Crippen molar-refractivity contribution in [1.29, 1.82) is 0 Å². The summed E-state index contributed by atoms with van der Waals surface area (Å²) < 4.78 is 11.1. The average molecular weight is 376 g/mol. The van der Waals surface area contributed by atoms with Crippen LogP contribution in [0, 0.1) is 0 Å². The van der Waals surface area contributed by atoms with Crippen LogP contribution >= 0.6 is 0 Å². The molecule has 1 saturated heterocycles. The summed E-state index contributed by atoms with van der Waals surface area (Å²) >= 11 is 0. The summed E-state index contributed by atoms with van der Waals surface area (Å²) in [5.41, 5.74) is 3.15. The summed E-state index contributed by atoms with van der Waals surface area (Å²) in [4.78, 5) is 17.7. The predicted octanol–water partition coefficient (Wildman–Crippen LogP) is 4.21. The van der Waals surface area contributed by atoms with Gasteiger partial charge in [0.05, 0.1) is 29.5 Å². The number of hydrogen-bond acceptors (Lipinski definition) is 4. The maximum Gasteiger partial charge on any atom is 0.252 e. The maximum atomic E-state index is 12.9. The standard InChI is InChI=1S/C23H24N2O3/c1-2-27-17-11-9-16(10-12-17)22-14-20(19-7-3-4-8-21(19)25-22)23(26)24-15-18-6-5-13-28-18/h3-4,7-12,14,18H,2,5-6,13,15H2,1H3,(H,24,26)/t18-/m1/s1. The van der Waals surface area contributed by atoms with E-state index in [1.54, 1.807) is 0 Å². The van der Waals surface area contributed by atoms with Gasteiger partial charge in [0.1, 0.15) is 5.75 Å². The molecular formula is C23H24N2O3. The number of carbonyl (C=O) groups excluding carboxylic acids is 1. The predicted molar refractivity (Wildman–Crippen MR) is 110 cm³/mol. The second-order valence-corrected chi connectivity index (χ2v) is 6.87. The van der Waals surface area contributed by atoms with Crippen LogP contribution in [0.25, 0.3) is 22.2 Å². The fourth-order valence-corrected chi connectivity index (χ4v) is 3.51. The van der Waals surface area contributed by atoms with Gasteiger partial charge in [-0.1, -0.05) is 18.2 Å². The third kappa shape index (κ3) is 3.99. The Labute approximate surface area is 164 Å². The molecule has 1 aliphatic rings. The largest absolute Gasteiger partial charge is 0.494 e. The fraction of sp³-hybridized carbons (Fsp3) is 0.304. The minimum absolute atomic E-state index is 0.0960. The second-order valence-electron chi connectivity index (χ2n) is 6.87. The van der Waals surface area contributed by atoms with Crippen LogP contribution in [0.15, 0.2) is 54.6 Å². The van der Waals surface area contributed by atoms with Crippen molar-refractivity contribution in [2.75, 3.05) is 19.8 Å².